The number of hydrogen-bond acceptors (Lipinski definition) is 3. The highest BCUT2D eigenvalue weighted by atomic mass is 32.2. The van der Waals surface area contributed by atoms with Crippen molar-refractivity contribution in [2.24, 2.45) is 0 Å². The fourth-order valence-corrected chi connectivity index (χ4v) is 4.58. The Bertz CT molecular complexity index is 850. The predicted octanol–water partition coefficient (Wildman–Crippen LogP) is 3.94. The molecule has 0 radical (unpaired) electrons. The number of fused-ring (bicyclic) bond motifs is 1. The molecule has 3 rings (SSSR count). The van der Waals surface area contributed by atoms with Gasteiger partial charge in [-0.25, -0.2) is 13.1 Å². The van der Waals surface area contributed by atoms with E-state index in [1.807, 2.05) is 54.8 Å². The molecule has 0 bridgehead atoms. The molecular formula is C16H15NO2S2. The lowest BCUT2D eigenvalue weighted by Crippen LogP contribution is -2.26. The molecule has 0 fully saturated rings. The summed E-state index contributed by atoms with van der Waals surface area (Å²) in [5.74, 6) is 0. The molecule has 0 amide bonds. The topological polar surface area (TPSA) is 46.2 Å². The van der Waals surface area contributed by atoms with Gasteiger partial charge in [0.05, 0.1) is 10.9 Å². The molecule has 1 N–H and O–H groups in total. The first kappa shape index (κ1) is 14.3. The molecular weight excluding hydrogens is 302 g/mol. The molecule has 3 aromatic rings. The maximum Gasteiger partial charge on any atom is 0.241 e. The van der Waals surface area contributed by atoms with Gasteiger partial charge in [0.15, 0.2) is 0 Å². The van der Waals surface area contributed by atoms with Crippen LogP contribution in [0.3, 0.4) is 0 Å². The molecule has 0 saturated carbocycles. The summed E-state index contributed by atoms with van der Waals surface area (Å²) in [5.41, 5.74) is 0. The van der Waals surface area contributed by atoms with Crippen molar-refractivity contribution in [1.82, 2.24) is 4.72 Å². The second-order valence-electron chi connectivity index (χ2n) is 4.84. The van der Waals surface area contributed by atoms with Crippen LogP contribution in [0.15, 0.2) is 64.9 Å². The first-order valence-corrected chi connectivity index (χ1v) is 8.98. The van der Waals surface area contributed by atoms with Crippen LogP contribution in [0.25, 0.3) is 10.8 Å². The molecule has 2 aromatic carbocycles. The fraction of sp³-hybridized carbons (Fsp3) is 0.125. The van der Waals surface area contributed by atoms with Crippen LogP contribution in [0.2, 0.25) is 0 Å². The third-order valence-corrected chi connectivity index (χ3v) is 5.99. The van der Waals surface area contributed by atoms with Crippen LogP contribution in [0.4, 0.5) is 0 Å². The first-order valence-electron chi connectivity index (χ1n) is 6.61. The minimum absolute atomic E-state index is 0.242. The van der Waals surface area contributed by atoms with Crippen molar-refractivity contribution in [3.63, 3.8) is 0 Å². The Labute approximate surface area is 128 Å². The summed E-state index contributed by atoms with van der Waals surface area (Å²) >= 11 is 1.54. The molecule has 0 aliphatic heterocycles. The Morgan fingerprint density at radius 1 is 1.00 bits per heavy atom. The van der Waals surface area contributed by atoms with Gasteiger partial charge in [0, 0.05) is 10.3 Å². The number of benzene rings is 2. The summed E-state index contributed by atoms with van der Waals surface area (Å²) in [5, 5.41) is 3.60. The highest BCUT2D eigenvalue weighted by Crippen LogP contribution is 2.25. The Morgan fingerprint density at radius 2 is 1.76 bits per heavy atom. The van der Waals surface area contributed by atoms with Gasteiger partial charge in [-0.3, -0.25) is 0 Å². The van der Waals surface area contributed by atoms with E-state index in [1.54, 1.807) is 23.5 Å². The van der Waals surface area contributed by atoms with Crippen molar-refractivity contribution in [3.8, 4) is 0 Å². The molecule has 1 atom stereocenters. The lowest BCUT2D eigenvalue weighted by Gasteiger charge is -2.14. The molecule has 21 heavy (non-hydrogen) atoms. The van der Waals surface area contributed by atoms with Gasteiger partial charge in [0.2, 0.25) is 10.0 Å². The van der Waals surface area contributed by atoms with E-state index < -0.39 is 10.0 Å². The van der Waals surface area contributed by atoms with Crippen molar-refractivity contribution in [2.75, 3.05) is 0 Å². The summed E-state index contributed by atoms with van der Waals surface area (Å²) in [7, 11) is -3.56. The van der Waals surface area contributed by atoms with Crippen LogP contribution in [0.5, 0.6) is 0 Å². The zero-order valence-corrected chi connectivity index (χ0v) is 13.1. The Kier molecular flexibility index (Phi) is 3.80. The normalized spacial score (nSPS) is 13.4. The highest BCUT2D eigenvalue weighted by Gasteiger charge is 2.20. The maximum absolute atomic E-state index is 12.6. The standard InChI is InChI=1S/C16H15NO2S2/c1-12(15-9-5-11-20-15)17-21(18,19)16-10-4-7-13-6-2-3-8-14(13)16/h2-12,17H,1H3/t12-/m0/s1. The van der Waals surface area contributed by atoms with Crippen LogP contribution < -0.4 is 4.72 Å². The van der Waals surface area contributed by atoms with Crippen LogP contribution in [0, 0.1) is 0 Å². The summed E-state index contributed by atoms with van der Waals surface area (Å²) in [6.45, 7) is 1.86. The lowest BCUT2D eigenvalue weighted by atomic mass is 10.1. The minimum atomic E-state index is -3.56. The van der Waals surface area contributed by atoms with Crippen molar-refractivity contribution < 1.29 is 8.42 Å². The van der Waals surface area contributed by atoms with E-state index in [0.29, 0.717) is 4.90 Å². The van der Waals surface area contributed by atoms with E-state index in [0.717, 1.165) is 15.6 Å². The predicted molar refractivity (Wildman–Crippen MR) is 87.0 cm³/mol. The average molecular weight is 317 g/mol. The molecule has 0 aliphatic rings. The van der Waals surface area contributed by atoms with Gasteiger partial charge in [-0.15, -0.1) is 11.3 Å². The number of sulfonamides is 1. The molecule has 5 heteroatoms. The number of nitrogens with one attached hydrogen (secondary N) is 1. The third-order valence-electron chi connectivity index (χ3n) is 3.34. The molecule has 3 nitrogen and oxygen atoms in total. The zero-order chi connectivity index (χ0) is 14.9. The van der Waals surface area contributed by atoms with E-state index in [9.17, 15) is 8.42 Å². The molecule has 108 valence electrons. The van der Waals surface area contributed by atoms with E-state index in [-0.39, 0.29) is 6.04 Å². The van der Waals surface area contributed by atoms with Gasteiger partial charge in [-0.2, -0.15) is 0 Å². The van der Waals surface area contributed by atoms with E-state index >= 15 is 0 Å². The van der Waals surface area contributed by atoms with Crippen LogP contribution in [0.1, 0.15) is 17.8 Å². The van der Waals surface area contributed by atoms with Crippen LogP contribution in [-0.2, 0) is 10.0 Å². The molecule has 0 unspecified atom stereocenters. The number of hydrogen-bond donors (Lipinski definition) is 1. The summed E-state index contributed by atoms with van der Waals surface area (Å²) in [4.78, 5) is 1.32. The summed E-state index contributed by atoms with van der Waals surface area (Å²) < 4.78 is 28.0. The molecule has 0 spiro atoms. The van der Waals surface area contributed by atoms with Crippen molar-refractivity contribution in [2.45, 2.75) is 17.9 Å². The highest BCUT2D eigenvalue weighted by molar-refractivity contribution is 7.89. The summed E-state index contributed by atoms with van der Waals surface area (Å²) in [6, 6.07) is 16.4. The Morgan fingerprint density at radius 3 is 2.52 bits per heavy atom. The fourth-order valence-electron chi connectivity index (χ4n) is 2.32. The lowest BCUT2D eigenvalue weighted by molar-refractivity contribution is 0.569. The van der Waals surface area contributed by atoms with E-state index in [1.165, 1.54) is 0 Å². The van der Waals surface area contributed by atoms with Crippen molar-refractivity contribution in [3.05, 3.63) is 64.9 Å². The van der Waals surface area contributed by atoms with E-state index in [2.05, 4.69) is 4.72 Å². The van der Waals surface area contributed by atoms with Gasteiger partial charge >= 0.3 is 0 Å². The second kappa shape index (κ2) is 5.60. The Hall–Kier alpha value is -1.69. The Balaban J connectivity index is 2.01. The van der Waals surface area contributed by atoms with Crippen LogP contribution >= 0.6 is 11.3 Å². The molecule has 0 aliphatic carbocycles. The monoisotopic (exact) mass is 317 g/mol. The first-order chi connectivity index (χ1) is 10.1. The van der Waals surface area contributed by atoms with Gasteiger partial charge in [0.1, 0.15) is 0 Å². The smallest absolute Gasteiger partial charge is 0.207 e. The van der Waals surface area contributed by atoms with Crippen molar-refractivity contribution in [1.29, 1.82) is 0 Å². The van der Waals surface area contributed by atoms with Gasteiger partial charge in [-0.05, 0) is 29.8 Å². The number of thiophene rings is 1. The molecule has 1 heterocycles. The number of rotatable bonds is 4. The molecule has 0 saturated heterocycles. The molecule has 1 aromatic heterocycles. The second-order valence-corrected chi connectivity index (χ2v) is 7.50. The van der Waals surface area contributed by atoms with Gasteiger partial charge in [0.25, 0.3) is 0 Å². The summed E-state index contributed by atoms with van der Waals surface area (Å²) in [6.07, 6.45) is 0. The van der Waals surface area contributed by atoms with Crippen molar-refractivity contribution >= 4 is 32.1 Å². The quantitative estimate of drug-likeness (QED) is 0.792. The maximum atomic E-state index is 12.6. The zero-order valence-electron chi connectivity index (χ0n) is 11.5. The average Bonchev–Trinajstić information content (AvgIpc) is 3.00. The van der Waals surface area contributed by atoms with Crippen LogP contribution in [-0.4, -0.2) is 8.42 Å². The largest absolute Gasteiger partial charge is 0.241 e. The van der Waals surface area contributed by atoms with Gasteiger partial charge < -0.3 is 0 Å². The third kappa shape index (κ3) is 2.85. The minimum Gasteiger partial charge on any atom is -0.207 e. The van der Waals surface area contributed by atoms with E-state index in [4.69, 9.17) is 0 Å². The SMILES string of the molecule is C[C@H](NS(=O)(=O)c1cccc2ccccc12)c1cccs1. The van der Waals surface area contributed by atoms with Gasteiger partial charge in [-0.1, -0.05) is 42.5 Å².